The quantitative estimate of drug-likeness (QED) is 0.664. The van der Waals surface area contributed by atoms with Crippen molar-refractivity contribution in [2.45, 2.75) is 19.3 Å². The zero-order chi connectivity index (χ0) is 19.4. The van der Waals surface area contributed by atoms with Gasteiger partial charge in [-0.15, -0.1) is 0 Å². The molecule has 27 heavy (non-hydrogen) atoms. The van der Waals surface area contributed by atoms with E-state index in [-0.39, 0.29) is 23.5 Å². The number of hydrogen-bond donors (Lipinski definition) is 3. The molecule has 1 aliphatic rings. The van der Waals surface area contributed by atoms with E-state index in [0.717, 1.165) is 12.1 Å². The smallest absolute Gasteiger partial charge is 0.232 e. The van der Waals surface area contributed by atoms with Gasteiger partial charge in [-0.1, -0.05) is 13.0 Å². The highest BCUT2D eigenvalue weighted by Crippen LogP contribution is 2.29. The van der Waals surface area contributed by atoms with E-state index in [2.05, 4.69) is 20.5 Å². The number of nitrogens with zero attached hydrogens (tertiary/aromatic N) is 2. The zero-order valence-corrected chi connectivity index (χ0v) is 16.3. The van der Waals surface area contributed by atoms with Gasteiger partial charge in [0, 0.05) is 37.9 Å². The van der Waals surface area contributed by atoms with Crippen molar-refractivity contribution < 1.29 is 13.2 Å². The Labute approximate surface area is 159 Å². The summed E-state index contributed by atoms with van der Waals surface area (Å²) < 4.78 is 28.1. The maximum atomic E-state index is 12.8. The third-order valence-corrected chi connectivity index (χ3v) is 6.07. The average Bonchev–Trinajstić information content (AvgIpc) is 3.23. The van der Waals surface area contributed by atoms with Crippen LogP contribution in [0.1, 0.15) is 24.8 Å². The molecule has 1 saturated heterocycles. The topological polar surface area (TPSA) is 105 Å². The van der Waals surface area contributed by atoms with E-state index in [4.69, 9.17) is 0 Å². The first-order valence-corrected chi connectivity index (χ1v) is 10.6. The number of sulfonamides is 1. The highest BCUT2D eigenvalue weighted by Gasteiger charge is 2.34. The summed E-state index contributed by atoms with van der Waals surface area (Å²) in [6, 6.07) is 6.76. The Balaban J connectivity index is 1.69. The summed E-state index contributed by atoms with van der Waals surface area (Å²) in [5.74, 6) is -0.189. The van der Waals surface area contributed by atoms with Crippen molar-refractivity contribution in [1.29, 1.82) is 0 Å². The molecule has 9 heteroatoms. The van der Waals surface area contributed by atoms with Crippen molar-refractivity contribution >= 4 is 27.3 Å². The number of rotatable bonds is 7. The third kappa shape index (κ3) is 4.86. The van der Waals surface area contributed by atoms with Crippen LogP contribution in [0.4, 0.5) is 11.4 Å². The minimum absolute atomic E-state index is 0.0596. The van der Waals surface area contributed by atoms with Gasteiger partial charge in [0.1, 0.15) is 0 Å². The molecule has 1 aliphatic heterocycles. The van der Waals surface area contributed by atoms with Crippen LogP contribution in [-0.4, -0.2) is 42.9 Å². The minimum Gasteiger partial charge on any atom is -0.326 e. The number of carbonyl (C=O) groups is 1. The number of nitrogens with one attached hydrogen (secondary N) is 3. The van der Waals surface area contributed by atoms with Gasteiger partial charge in [-0.3, -0.25) is 14.2 Å². The second-order valence-corrected chi connectivity index (χ2v) is 8.65. The van der Waals surface area contributed by atoms with Gasteiger partial charge in [0.15, 0.2) is 0 Å². The number of aryl methyl sites for hydroxylation is 1. The summed E-state index contributed by atoms with van der Waals surface area (Å²) >= 11 is 0. The van der Waals surface area contributed by atoms with Crippen LogP contribution in [0.5, 0.6) is 0 Å². The predicted molar refractivity (Wildman–Crippen MR) is 105 cm³/mol. The van der Waals surface area contributed by atoms with E-state index in [1.165, 1.54) is 0 Å². The lowest BCUT2D eigenvalue weighted by Gasteiger charge is -2.17. The second kappa shape index (κ2) is 8.10. The molecule has 0 unspecified atom stereocenters. The van der Waals surface area contributed by atoms with E-state index in [1.54, 1.807) is 35.1 Å². The Morgan fingerprint density at radius 2 is 2.11 bits per heavy atom. The van der Waals surface area contributed by atoms with Gasteiger partial charge in [0.2, 0.25) is 15.9 Å². The summed E-state index contributed by atoms with van der Waals surface area (Å²) in [6.45, 7) is 3.12. The maximum Gasteiger partial charge on any atom is 0.232 e. The van der Waals surface area contributed by atoms with Crippen molar-refractivity contribution in [2.75, 3.05) is 28.9 Å². The number of hydrogen-bond acceptors (Lipinski definition) is 5. The molecular formula is C18H25N5O3S. The molecule has 1 aromatic carbocycles. The molecule has 1 aromatic heterocycles. The minimum atomic E-state index is -3.37. The van der Waals surface area contributed by atoms with Crippen LogP contribution in [0, 0.1) is 5.92 Å². The molecule has 0 saturated carbocycles. The highest BCUT2D eigenvalue weighted by molar-refractivity contribution is 7.92. The molecular weight excluding hydrogens is 366 g/mol. The summed E-state index contributed by atoms with van der Waals surface area (Å²) in [7, 11) is -1.52. The number of carbonyl (C=O) groups excluding carboxylic acids is 1. The molecule has 1 fully saturated rings. The molecule has 0 radical (unpaired) electrons. The van der Waals surface area contributed by atoms with Crippen molar-refractivity contribution in [3.8, 4) is 0 Å². The van der Waals surface area contributed by atoms with Crippen LogP contribution in [0.25, 0.3) is 0 Å². The van der Waals surface area contributed by atoms with E-state index in [9.17, 15) is 13.2 Å². The lowest BCUT2D eigenvalue weighted by molar-refractivity contribution is -0.119. The standard InChI is InChI=1S/C18H25N5O3S/c1-3-7-27(25,26)22-15-6-4-5-14(8-15)21-18(24)17-11-19-10-16(17)13-9-20-23(2)12-13/h4-6,8-9,12,16-17,19,22H,3,7,10-11H2,1-2H3,(H,21,24)/t16-,17+/m1/s1. The van der Waals surface area contributed by atoms with Crippen LogP contribution in [-0.2, 0) is 21.9 Å². The predicted octanol–water partition coefficient (Wildman–Crippen LogP) is 1.51. The molecule has 0 bridgehead atoms. The Hall–Kier alpha value is -2.39. The summed E-state index contributed by atoms with van der Waals surface area (Å²) in [4.78, 5) is 12.8. The second-order valence-electron chi connectivity index (χ2n) is 6.81. The molecule has 1 amide bonds. The fraction of sp³-hybridized carbons (Fsp3) is 0.444. The normalized spacial score (nSPS) is 19.8. The third-order valence-electron chi connectivity index (χ3n) is 4.58. The summed E-state index contributed by atoms with van der Waals surface area (Å²) in [5.41, 5.74) is 2.03. The van der Waals surface area contributed by atoms with Crippen molar-refractivity contribution in [1.82, 2.24) is 15.1 Å². The van der Waals surface area contributed by atoms with Crippen LogP contribution >= 0.6 is 0 Å². The van der Waals surface area contributed by atoms with E-state index >= 15 is 0 Å². The fourth-order valence-electron chi connectivity index (χ4n) is 3.33. The Kier molecular flexibility index (Phi) is 5.81. The maximum absolute atomic E-state index is 12.8. The molecule has 2 atom stereocenters. The number of benzene rings is 1. The number of amides is 1. The van der Waals surface area contributed by atoms with Gasteiger partial charge in [-0.05, 0) is 30.2 Å². The molecule has 2 aromatic rings. The van der Waals surface area contributed by atoms with E-state index in [0.29, 0.717) is 24.3 Å². The lowest BCUT2D eigenvalue weighted by Crippen LogP contribution is -2.28. The Morgan fingerprint density at radius 1 is 1.33 bits per heavy atom. The van der Waals surface area contributed by atoms with Gasteiger partial charge in [-0.2, -0.15) is 5.10 Å². The number of anilines is 2. The van der Waals surface area contributed by atoms with E-state index < -0.39 is 10.0 Å². The molecule has 3 rings (SSSR count). The molecule has 0 spiro atoms. The Bertz CT molecular complexity index is 909. The average molecular weight is 391 g/mol. The van der Waals surface area contributed by atoms with Gasteiger partial charge in [-0.25, -0.2) is 8.42 Å². The molecule has 146 valence electrons. The fourth-order valence-corrected chi connectivity index (χ4v) is 4.46. The molecule has 8 nitrogen and oxygen atoms in total. The van der Waals surface area contributed by atoms with Gasteiger partial charge >= 0.3 is 0 Å². The van der Waals surface area contributed by atoms with E-state index in [1.807, 2.05) is 20.2 Å². The van der Waals surface area contributed by atoms with Crippen LogP contribution < -0.4 is 15.4 Å². The first-order valence-electron chi connectivity index (χ1n) is 8.98. The lowest BCUT2D eigenvalue weighted by atomic mass is 9.90. The van der Waals surface area contributed by atoms with Crippen LogP contribution in [0.2, 0.25) is 0 Å². The van der Waals surface area contributed by atoms with Gasteiger partial charge < -0.3 is 10.6 Å². The molecule has 2 heterocycles. The van der Waals surface area contributed by atoms with Gasteiger partial charge in [0.05, 0.1) is 23.6 Å². The van der Waals surface area contributed by atoms with Crippen LogP contribution in [0.3, 0.4) is 0 Å². The summed E-state index contributed by atoms with van der Waals surface area (Å²) in [6.07, 6.45) is 4.26. The number of aromatic nitrogens is 2. The van der Waals surface area contributed by atoms with Gasteiger partial charge in [0.25, 0.3) is 0 Å². The molecule has 3 N–H and O–H groups in total. The van der Waals surface area contributed by atoms with Crippen molar-refractivity contribution in [3.05, 3.63) is 42.2 Å². The molecule has 0 aliphatic carbocycles. The largest absolute Gasteiger partial charge is 0.326 e. The Morgan fingerprint density at radius 3 is 2.81 bits per heavy atom. The summed E-state index contributed by atoms with van der Waals surface area (Å²) in [5, 5.41) is 10.4. The monoisotopic (exact) mass is 391 g/mol. The van der Waals surface area contributed by atoms with Crippen LogP contribution in [0.15, 0.2) is 36.7 Å². The zero-order valence-electron chi connectivity index (χ0n) is 15.5. The van der Waals surface area contributed by atoms with Crippen molar-refractivity contribution in [2.24, 2.45) is 13.0 Å². The highest BCUT2D eigenvalue weighted by atomic mass is 32.2. The SMILES string of the molecule is CCCS(=O)(=O)Nc1cccc(NC(=O)[C@H]2CNC[C@@H]2c2cnn(C)c2)c1. The first kappa shape index (κ1) is 19.4. The van der Waals surface area contributed by atoms with Crippen molar-refractivity contribution in [3.63, 3.8) is 0 Å². The first-order chi connectivity index (χ1) is 12.9.